The van der Waals surface area contributed by atoms with Crippen molar-refractivity contribution in [3.05, 3.63) is 0 Å². The number of carbonyl (C=O) groups excluding carboxylic acids is 1. The van der Waals surface area contributed by atoms with E-state index in [9.17, 15) is 15.0 Å². The molecule has 1 rings (SSSR count). The van der Waals surface area contributed by atoms with Crippen LogP contribution in [-0.4, -0.2) is 51.6 Å². The van der Waals surface area contributed by atoms with E-state index in [4.69, 9.17) is 4.74 Å². The van der Waals surface area contributed by atoms with Crippen molar-refractivity contribution in [3.63, 3.8) is 0 Å². The third-order valence-electron chi connectivity index (χ3n) is 3.11. The molecule has 19 heavy (non-hydrogen) atoms. The van der Waals surface area contributed by atoms with Crippen molar-refractivity contribution < 1.29 is 19.7 Å². The van der Waals surface area contributed by atoms with Crippen LogP contribution in [0.3, 0.4) is 0 Å². The van der Waals surface area contributed by atoms with Gasteiger partial charge in [-0.1, -0.05) is 0 Å². The zero-order valence-electron chi connectivity index (χ0n) is 12.6. The van der Waals surface area contributed by atoms with E-state index in [1.807, 2.05) is 20.8 Å². The lowest BCUT2D eigenvalue weighted by Gasteiger charge is -2.38. The molecule has 0 aromatic rings. The molecular weight excluding hydrogens is 246 g/mol. The van der Waals surface area contributed by atoms with E-state index in [1.165, 1.54) is 0 Å². The highest BCUT2D eigenvalue weighted by Crippen LogP contribution is 2.26. The van der Waals surface area contributed by atoms with Crippen molar-refractivity contribution in [2.24, 2.45) is 5.92 Å². The van der Waals surface area contributed by atoms with Crippen molar-refractivity contribution in [2.45, 2.75) is 64.8 Å². The van der Waals surface area contributed by atoms with Gasteiger partial charge in [-0.3, -0.25) is 0 Å². The third kappa shape index (κ3) is 5.78. The van der Waals surface area contributed by atoms with Crippen LogP contribution in [0.1, 0.15) is 47.5 Å². The van der Waals surface area contributed by atoms with Crippen LogP contribution in [0.15, 0.2) is 0 Å². The van der Waals surface area contributed by atoms with Gasteiger partial charge in [0.05, 0.1) is 11.7 Å². The Labute approximate surface area is 115 Å². The number of likely N-dealkylation sites (tertiary alicyclic amines) is 1. The van der Waals surface area contributed by atoms with E-state index in [1.54, 1.807) is 18.7 Å². The molecule has 0 bridgehead atoms. The lowest BCUT2D eigenvalue weighted by Crippen LogP contribution is -2.49. The number of amides is 1. The Bertz CT molecular complexity index is 316. The first kappa shape index (κ1) is 16.2. The molecule has 0 aromatic heterocycles. The number of carbonyl (C=O) groups is 1. The number of hydrogen-bond donors (Lipinski definition) is 2. The maximum atomic E-state index is 12.0. The number of ether oxygens (including phenoxy) is 1. The number of nitrogens with zero attached hydrogens (tertiary/aromatic N) is 1. The van der Waals surface area contributed by atoms with Gasteiger partial charge in [-0.25, -0.2) is 4.79 Å². The van der Waals surface area contributed by atoms with E-state index in [0.717, 1.165) is 0 Å². The van der Waals surface area contributed by atoms with E-state index >= 15 is 0 Å². The van der Waals surface area contributed by atoms with E-state index in [2.05, 4.69) is 0 Å². The molecule has 5 nitrogen and oxygen atoms in total. The maximum Gasteiger partial charge on any atom is 0.410 e. The van der Waals surface area contributed by atoms with E-state index < -0.39 is 17.3 Å². The van der Waals surface area contributed by atoms with Crippen LogP contribution in [0.4, 0.5) is 4.79 Å². The molecule has 2 atom stereocenters. The first-order chi connectivity index (χ1) is 8.48. The second kappa shape index (κ2) is 5.67. The van der Waals surface area contributed by atoms with Crippen molar-refractivity contribution in [1.82, 2.24) is 4.90 Å². The van der Waals surface area contributed by atoms with Crippen molar-refractivity contribution in [2.75, 3.05) is 13.1 Å². The predicted molar refractivity (Wildman–Crippen MR) is 72.8 cm³/mol. The minimum atomic E-state index is -0.845. The Morgan fingerprint density at radius 1 is 1.32 bits per heavy atom. The fourth-order valence-corrected chi connectivity index (χ4v) is 2.35. The molecule has 1 amide bonds. The SMILES string of the molecule is CC(C)(O)CC1CN(C(=O)OC(C)(C)C)CCC1O. The zero-order chi connectivity index (χ0) is 14.8. The predicted octanol–water partition coefficient (Wildman–Crippen LogP) is 1.77. The summed E-state index contributed by atoms with van der Waals surface area (Å²) in [6.07, 6.45) is 0.179. The number of hydrogen-bond acceptors (Lipinski definition) is 4. The van der Waals surface area contributed by atoms with Crippen LogP contribution in [0.2, 0.25) is 0 Å². The molecule has 0 aliphatic carbocycles. The molecule has 1 fully saturated rings. The Kier molecular flexibility index (Phi) is 4.85. The van der Waals surface area contributed by atoms with Crippen LogP contribution in [0.5, 0.6) is 0 Å². The van der Waals surface area contributed by atoms with Crippen LogP contribution < -0.4 is 0 Å². The molecular formula is C14H27NO4. The Morgan fingerprint density at radius 3 is 2.37 bits per heavy atom. The molecule has 0 saturated carbocycles. The lowest BCUT2D eigenvalue weighted by molar-refractivity contribution is -0.0350. The highest BCUT2D eigenvalue weighted by atomic mass is 16.6. The van der Waals surface area contributed by atoms with Gasteiger partial charge in [0.2, 0.25) is 0 Å². The summed E-state index contributed by atoms with van der Waals surface area (Å²) in [5.74, 6) is -0.110. The molecule has 0 aromatic carbocycles. The summed E-state index contributed by atoms with van der Waals surface area (Å²) in [7, 11) is 0. The van der Waals surface area contributed by atoms with Gasteiger partial charge in [-0.05, 0) is 47.5 Å². The minimum absolute atomic E-state index is 0.110. The first-order valence-electron chi connectivity index (χ1n) is 6.86. The first-order valence-corrected chi connectivity index (χ1v) is 6.86. The van der Waals surface area contributed by atoms with Crippen molar-refractivity contribution >= 4 is 6.09 Å². The van der Waals surface area contributed by atoms with E-state index in [0.29, 0.717) is 25.9 Å². The molecule has 1 heterocycles. The summed E-state index contributed by atoms with van der Waals surface area (Å²) in [4.78, 5) is 13.6. The summed E-state index contributed by atoms with van der Waals surface area (Å²) >= 11 is 0. The summed E-state index contributed by atoms with van der Waals surface area (Å²) in [6.45, 7) is 9.85. The van der Waals surface area contributed by atoms with Crippen molar-refractivity contribution in [3.8, 4) is 0 Å². The molecule has 0 spiro atoms. The topological polar surface area (TPSA) is 70.0 Å². The molecule has 5 heteroatoms. The average molecular weight is 273 g/mol. The fourth-order valence-electron chi connectivity index (χ4n) is 2.35. The number of rotatable bonds is 2. The average Bonchev–Trinajstić information content (AvgIpc) is 2.16. The van der Waals surface area contributed by atoms with E-state index in [-0.39, 0.29) is 12.0 Å². The molecule has 0 radical (unpaired) electrons. The largest absolute Gasteiger partial charge is 0.444 e. The van der Waals surface area contributed by atoms with Gasteiger partial charge in [-0.2, -0.15) is 0 Å². The molecule has 1 saturated heterocycles. The third-order valence-corrected chi connectivity index (χ3v) is 3.11. The van der Waals surface area contributed by atoms with Gasteiger partial charge in [0, 0.05) is 19.0 Å². The van der Waals surface area contributed by atoms with Crippen LogP contribution in [0.25, 0.3) is 0 Å². The summed E-state index contributed by atoms with van der Waals surface area (Å²) < 4.78 is 5.33. The van der Waals surface area contributed by atoms with Crippen molar-refractivity contribution in [1.29, 1.82) is 0 Å². The van der Waals surface area contributed by atoms with Crippen LogP contribution in [-0.2, 0) is 4.74 Å². The second-order valence-corrected chi connectivity index (χ2v) is 7.06. The van der Waals surface area contributed by atoms with Gasteiger partial charge in [0.25, 0.3) is 0 Å². The highest BCUT2D eigenvalue weighted by Gasteiger charge is 2.35. The highest BCUT2D eigenvalue weighted by molar-refractivity contribution is 5.68. The molecule has 112 valence electrons. The standard InChI is InChI=1S/C14H27NO4/c1-13(2,3)19-12(17)15-7-6-11(16)10(9-15)8-14(4,5)18/h10-11,16,18H,6-9H2,1-5H3. The monoisotopic (exact) mass is 273 g/mol. The lowest BCUT2D eigenvalue weighted by atomic mass is 9.85. The van der Waals surface area contributed by atoms with Gasteiger partial charge < -0.3 is 19.8 Å². The molecule has 1 aliphatic heterocycles. The summed E-state index contributed by atoms with van der Waals surface area (Å²) in [5, 5.41) is 19.8. The Hall–Kier alpha value is -0.810. The van der Waals surface area contributed by atoms with Crippen LogP contribution in [0, 0.1) is 5.92 Å². The Morgan fingerprint density at radius 2 is 1.89 bits per heavy atom. The summed E-state index contributed by atoms with van der Waals surface area (Å²) in [6, 6.07) is 0. The number of aliphatic hydroxyl groups is 2. The smallest absolute Gasteiger partial charge is 0.410 e. The fraction of sp³-hybridized carbons (Fsp3) is 0.929. The second-order valence-electron chi connectivity index (χ2n) is 7.06. The van der Waals surface area contributed by atoms with Gasteiger partial charge in [0.15, 0.2) is 0 Å². The summed E-state index contributed by atoms with van der Waals surface area (Å²) in [5.41, 5.74) is -1.36. The number of aliphatic hydroxyl groups excluding tert-OH is 1. The number of piperidine rings is 1. The molecule has 2 N–H and O–H groups in total. The molecule has 2 unspecified atom stereocenters. The molecule has 1 aliphatic rings. The van der Waals surface area contributed by atoms with Gasteiger partial charge in [-0.15, -0.1) is 0 Å². The zero-order valence-corrected chi connectivity index (χ0v) is 12.6. The maximum absolute atomic E-state index is 12.0. The Balaban J connectivity index is 2.61. The normalized spacial score (nSPS) is 25.3. The quantitative estimate of drug-likeness (QED) is 0.804. The van der Waals surface area contributed by atoms with Crippen LogP contribution >= 0.6 is 0 Å². The van der Waals surface area contributed by atoms with Gasteiger partial charge in [0.1, 0.15) is 5.60 Å². The van der Waals surface area contributed by atoms with Gasteiger partial charge >= 0.3 is 6.09 Å². The minimum Gasteiger partial charge on any atom is -0.444 e.